The number of nitrogens with zero attached hydrogens (tertiary/aromatic N) is 1. The van der Waals surface area contributed by atoms with Gasteiger partial charge in [-0.3, -0.25) is 0 Å². The number of ether oxygens (including phenoxy) is 1. The van der Waals surface area contributed by atoms with Gasteiger partial charge in [0.1, 0.15) is 12.4 Å². The largest absolute Gasteiger partial charge is 0.492 e. The molecule has 0 spiro atoms. The van der Waals surface area contributed by atoms with E-state index in [0.29, 0.717) is 12.0 Å². The Morgan fingerprint density at radius 2 is 1.86 bits per heavy atom. The normalized spacial score (nSPS) is 16.5. The molecule has 3 nitrogen and oxygen atoms in total. The molecule has 1 fully saturated rings. The minimum atomic E-state index is 0.587. The van der Waals surface area contributed by atoms with Gasteiger partial charge in [-0.2, -0.15) is 0 Å². The van der Waals surface area contributed by atoms with E-state index < -0.39 is 0 Å². The second kappa shape index (κ2) is 7.81. The van der Waals surface area contributed by atoms with Crippen molar-refractivity contribution in [2.24, 2.45) is 5.92 Å². The highest BCUT2D eigenvalue weighted by atomic mass is 16.5. The van der Waals surface area contributed by atoms with Crippen molar-refractivity contribution in [3.63, 3.8) is 0 Å². The Morgan fingerprint density at radius 1 is 1.19 bits per heavy atom. The van der Waals surface area contributed by atoms with Crippen LogP contribution in [0.4, 0.5) is 0 Å². The van der Waals surface area contributed by atoms with E-state index in [-0.39, 0.29) is 0 Å². The number of benzene rings is 1. The van der Waals surface area contributed by atoms with E-state index in [9.17, 15) is 0 Å². The minimum Gasteiger partial charge on any atom is -0.492 e. The summed E-state index contributed by atoms with van der Waals surface area (Å²) in [5.74, 6) is 1.64. The zero-order valence-electron chi connectivity index (χ0n) is 13.9. The van der Waals surface area contributed by atoms with Crippen LogP contribution < -0.4 is 10.1 Å². The summed E-state index contributed by atoms with van der Waals surface area (Å²) in [7, 11) is 2.17. The van der Waals surface area contributed by atoms with Crippen LogP contribution >= 0.6 is 0 Å². The fraction of sp³-hybridized carbons (Fsp3) is 0.667. The molecule has 1 N–H and O–H groups in total. The van der Waals surface area contributed by atoms with Crippen molar-refractivity contribution in [3.05, 3.63) is 29.8 Å². The van der Waals surface area contributed by atoms with Crippen LogP contribution in [0.25, 0.3) is 0 Å². The molecule has 0 aromatic heterocycles. The van der Waals surface area contributed by atoms with Gasteiger partial charge in [0.2, 0.25) is 0 Å². The van der Waals surface area contributed by atoms with E-state index in [2.05, 4.69) is 62.3 Å². The smallest absolute Gasteiger partial charge is 0.119 e. The SMILES string of the molecule is CC(C)C(C)N(C)CCOc1ccc(CNC2CC2)cc1. The summed E-state index contributed by atoms with van der Waals surface area (Å²) in [6.07, 6.45) is 2.67. The zero-order valence-corrected chi connectivity index (χ0v) is 13.9. The average Bonchev–Trinajstić information content (AvgIpc) is 3.29. The lowest BCUT2D eigenvalue weighted by Gasteiger charge is -2.27. The molecule has 0 heterocycles. The van der Waals surface area contributed by atoms with Crippen molar-refractivity contribution in [3.8, 4) is 5.75 Å². The molecule has 1 unspecified atom stereocenters. The Balaban J connectivity index is 1.68. The second-order valence-electron chi connectivity index (χ2n) is 6.61. The van der Waals surface area contributed by atoms with Crippen molar-refractivity contribution in [1.29, 1.82) is 0 Å². The van der Waals surface area contributed by atoms with Gasteiger partial charge in [-0.05, 0) is 50.4 Å². The molecule has 118 valence electrons. The van der Waals surface area contributed by atoms with Crippen LogP contribution in [0, 0.1) is 5.92 Å². The molecule has 0 aliphatic heterocycles. The predicted octanol–water partition coefficient (Wildman–Crippen LogP) is 3.29. The van der Waals surface area contributed by atoms with Crippen molar-refractivity contribution >= 4 is 0 Å². The van der Waals surface area contributed by atoms with Crippen molar-refractivity contribution in [2.75, 3.05) is 20.2 Å². The van der Waals surface area contributed by atoms with Crippen LogP contribution in [0.15, 0.2) is 24.3 Å². The zero-order chi connectivity index (χ0) is 15.2. The summed E-state index contributed by atoms with van der Waals surface area (Å²) in [6.45, 7) is 9.47. The van der Waals surface area contributed by atoms with Gasteiger partial charge in [0.25, 0.3) is 0 Å². The topological polar surface area (TPSA) is 24.5 Å². The van der Waals surface area contributed by atoms with Gasteiger partial charge in [-0.15, -0.1) is 0 Å². The van der Waals surface area contributed by atoms with E-state index in [0.717, 1.165) is 31.5 Å². The van der Waals surface area contributed by atoms with Gasteiger partial charge >= 0.3 is 0 Å². The maximum atomic E-state index is 5.84. The fourth-order valence-corrected chi connectivity index (χ4v) is 2.27. The average molecular weight is 290 g/mol. The first-order valence-corrected chi connectivity index (χ1v) is 8.21. The predicted molar refractivity (Wildman–Crippen MR) is 88.7 cm³/mol. The first kappa shape index (κ1) is 16.3. The molecule has 1 aliphatic carbocycles. The molecule has 0 bridgehead atoms. The Bertz CT molecular complexity index is 412. The number of rotatable bonds is 9. The highest BCUT2D eigenvalue weighted by molar-refractivity contribution is 5.27. The first-order valence-electron chi connectivity index (χ1n) is 8.21. The maximum Gasteiger partial charge on any atom is 0.119 e. The van der Waals surface area contributed by atoms with Gasteiger partial charge in [0, 0.05) is 25.2 Å². The first-order chi connectivity index (χ1) is 10.1. The molecular weight excluding hydrogens is 260 g/mol. The lowest BCUT2D eigenvalue weighted by molar-refractivity contribution is 0.170. The number of nitrogens with one attached hydrogen (secondary N) is 1. The molecule has 1 saturated carbocycles. The maximum absolute atomic E-state index is 5.84. The van der Waals surface area contributed by atoms with Gasteiger partial charge < -0.3 is 15.0 Å². The lowest BCUT2D eigenvalue weighted by atomic mass is 10.1. The number of hydrogen-bond donors (Lipinski definition) is 1. The fourth-order valence-electron chi connectivity index (χ4n) is 2.27. The van der Waals surface area contributed by atoms with Crippen LogP contribution in [-0.4, -0.2) is 37.2 Å². The van der Waals surface area contributed by atoms with Crippen LogP contribution in [0.1, 0.15) is 39.2 Å². The molecule has 21 heavy (non-hydrogen) atoms. The third kappa shape index (κ3) is 5.68. The Labute approximate surface area is 129 Å². The van der Waals surface area contributed by atoms with E-state index >= 15 is 0 Å². The molecule has 0 saturated heterocycles. The van der Waals surface area contributed by atoms with Crippen molar-refractivity contribution < 1.29 is 4.74 Å². The molecule has 0 radical (unpaired) electrons. The minimum absolute atomic E-state index is 0.587. The molecule has 3 heteroatoms. The van der Waals surface area contributed by atoms with Gasteiger partial charge in [0.15, 0.2) is 0 Å². The van der Waals surface area contributed by atoms with Crippen molar-refractivity contribution in [1.82, 2.24) is 10.2 Å². The lowest BCUT2D eigenvalue weighted by Crippen LogP contribution is -2.36. The van der Waals surface area contributed by atoms with Crippen LogP contribution in [0.5, 0.6) is 5.75 Å². The van der Waals surface area contributed by atoms with E-state index in [1.807, 2.05) is 0 Å². The Kier molecular flexibility index (Phi) is 6.07. The molecule has 1 aliphatic rings. The highest BCUT2D eigenvalue weighted by Gasteiger charge is 2.19. The summed E-state index contributed by atoms with van der Waals surface area (Å²) < 4.78 is 5.84. The second-order valence-corrected chi connectivity index (χ2v) is 6.61. The van der Waals surface area contributed by atoms with E-state index in [1.165, 1.54) is 18.4 Å². The standard InChI is InChI=1S/C18H30N2O/c1-14(2)15(3)20(4)11-12-21-18-9-5-16(6-10-18)13-19-17-7-8-17/h5-6,9-10,14-15,17,19H,7-8,11-13H2,1-4H3. The van der Waals surface area contributed by atoms with E-state index in [4.69, 9.17) is 4.74 Å². The van der Waals surface area contributed by atoms with Gasteiger partial charge in [0.05, 0.1) is 0 Å². The summed E-state index contributed by atoms with van der Waals surface area (Å²) in [6, 6.07) is 9.82. The number of hydrogen-bond acceptors (Lipinski definition) is 3. The van der Waals surface area contributed by atoms with Gasteiger partial charge in [-0.25, -0.2) is 0 Å². The molecule has 1 atom stereocenters. The molecule has 2 rings (SSSR count). The third-order valence-electron chi connectivity index (χ3n) is 4.47. The molecular formula is C18H30N2O. The Hall–Kier alpha value is -1.06. The van der Waals surface area contributed by atoms with E-state index in [1.54, 1.807) is 0 Å². The highest BCUT2D eigenvalue weighted by Crippen LogP contribution is 2.20. The molecule has 1 aromatic rings. The number of likely N-dealkylation sites (N-methyl/N-ethyl adjacent to an activating group) is 1. The summed E-state index contributed by atoms with van der Waals surface area (Å²) >= 11 is 0. The van der Waals surface area contributed by atoms with Crippen molar-refractivity contribution in [2.45, 2.75) is 52.2 Å². The Morgan fingerprint density at radius 3 is 2.43 bits per heavy atom. The van der Waals surface area contributed by atoms with Gasteiger partial charge in [-0.1, -0.05) is 26.0 Å². The molecule has 1 aromatic carbocycles. The van der Waals surface area contributed by atoms with Crippen LogP contribution in [0.3, 0.4) is 0 Å². The monoisotopic (exact) mass is 290 g/mol. The summed E-state index contributed by atoms with van der Waals surface area (Å²) in [5.41, 5.74) is 1.33. The van der Waals surface area contributed by atoms with Crippen LogP contribution in [-0.2, 0) is 6.54 Å². The summed E-state index contributed by atoms with van der Waals surface area (Å²) in [5, 5.41) is 3.53. The third-order valence-corrected chi connectivity index (χ3v) is 4.47. The molecule has 0 amide bonds. The summed E-state index contributed by atoms with van der Waals surface area (Å²) in [4.78, 5) is 2.36. The quantitative estimate of drug-likeness (QED) is 0.755. The van der Waals surface area contributed by atoms with Crippen LogP contribution in [0.2, 0.25) is 0 Å².